The predicted octanol–water partition coefficient (Wildman–Crippen LogP) is 1.49. The fraction of sp³-hybridized carbons (Fsp3) is 0.429. The van der Waals surface area contributed by atoms with Gasteiger partial charge in [0.1, 0.15) is 0 Å². The maximum Gasteiger partial charge on any atom is 0.236 e. The molecule has 1 fully saturated rings. The number of thioether (sulfide) groups is 1. The Hall–Kier alpha value is -1.89. The molecule has 2 aromatic rings. The Balaban J connectivity index is 1.67. The maximum atomic E-state index is 12.6. The Labute approximate surface area is 127 Å². The van der Waals surface area contributed by atoms with Crippen LogP contribution < -0.4 is 0 Å². The van der Waals surface area contributed by atoms with E-state index in [1.807, 2.05) is 23.1 Å². The van der Waals surface area contributed by atoms with Crippen molar-refractivity contribution in [2.75, 3.05) is 6.54 Å². The standard InChI is InChI=1S/C14H17N5OS/c1-18-14(15-16-17-18)21-12-8-5-9-19(13(12)20)10-11-6-3-2-4-7-11/h2-4,6-7,12H,5,8-10H2,1H3/t12-/m0/s1. The zero-order chi connectivity index (χ0) is 14.7. The molecule has 3 rings (SSSR count). The molecule has 1 atom stereocenters. The first-order valence-electron chi connectivity index (χ1n) is 6.96. The van der Waals surface area contributed by atoms with Gasteiger partial charge in [0.25, 0.3) is 0 Å². The van der Waals surface area contributed by atoms with Crippen LogP contribution in [0.4, 0.5) is 0 Å². The van der Waals surface area contributed by atoms with E-state index in [2.05, 4.69) is 27.7 Å². The molecule has 1 saturated heterocycles. The maximum absolute atomic E-state index is 12.6. The monoisotopic (exact) mass is 303 g/mol. The molecule has 1 aliphatic heterocycles. The van der Waals surface area contributed by atoms with Crippen LogP contribution in [0, 0.1) is 0 Å². The van der Waals surface area contributed by atoms with Gasteiger partial charge in [0, 0.05) is 20.1 Å². The van der Waals surface area contributed by atoms with E-state index < -0.39 is 0 Å². The van der Waals surface area contributed by atoms with Crippen LogP contribution in [0.3, 0.4) is 0 Å². The molecule has 1 aromatic carbocycles. The topological polar surface area (TPSA) is 63.9 Å². The molecule has 1 aliphatic rings. The van der Waals surface area contributed by atoms with Crippen LogP contribution in [-0.2, 0) is 18.4 Å². The Morgan fingerprint density at radius 2 is 2.14 bits per heavy atom. The number of carbonyl (C=O) groups is 1. The van der Waals surface area contributed by atoms with E-state index in [9.17, 15) is 4.79 Å². The van der Waals surface area contributed by atoms with Crippen LogP contribution in [0.2, 0.25) is 0 Å². The number of benzene rings is 1. The lowest BCUT2D eigenvalue weighted by atomic mass is 10.1. The van der Waals surface area contributed by atoms with Crippen molar-refractivity contribution in [2.45, 2.75) is 29.8 Å². The summed E-state index contributed by atoms with van der Waals surface area (Å²) in [5.74, 6) is 0.179. The third kappa shape index (κ3) is 3.24. The average Bonchev–Trinajstić information content (AvgIpc) is 2.90. The van der Waals surface area contributed by atoms with E-state index in [1.54, 1.807) is 11.7 Å². The number of hydrogen-bond donors (Lipinski definition) is 0. The van der Waals surface area contributed by atoms with Crippen LogP contribution >= 0.6 is 11.8 Å². The second-order valence-corrected chi connectivity index (χ2v) is 6.25. The van der Waals surface area contributed by atoms with Gasteiger partial charge in [-0.25, -0.2) is 4.68 Å². The number of tetrazole rings is 1. The molecule has 110 valence electrons. The van der Waals surface area contributed by atoms with Gasteiger partial charge >= 0.3 is 0 Å². The highest BCUT2D eigenvalue weighted by atomic mass is 32.2. The first-order chi connectivity index (χ1) is 10.2. The number of carbonyl (C=O) groups excluding carboxylic acids is 1. The van der Waals surface area contributed by atoms with Crippen molar-refractivity contribution in [3.05, 3.63) is 35.9 Å². The molecule has 1 aromatic heterocycles. The van der Waals surface area contributed by atoms with E-state index in [-0.39, 0.29) is 11.2 Å². The molecule has 2 heterocycles. The third-order valence-electron chi connectivity index (χ3n) is 3.53. The summed E-state index contributed by atoms with van der Waals surface area (Å²) in [6.45, 7) is 1.50. The van der Waals surface area contributed by atoms with E-state index in [1.165, 1.54) is 11.8 Å². The van der Waals surface area contributed by atoms with Crippen LogP contribution in [0.15, 0.2) is 35.5 Å². The summed E-state index contributed by atoms with van der Waals surface area (Å²) in [5, 5.41) is 12.0. The number of hydrogen-bond acceptors (Lipinski definition) is 5. The van der Waals surface area contributed by atoms with Crippen LogP contribution in [0.25, 0.3) is 0 Å². The molecule has 21 heavy (non-hydrogen) atoms. The van der Waals surface area contributed by atoms with E-state index in [0.29, 0.717) is 11.7 Å². The summed E-state index contributed by atoms with van der Waals surface area (Å²) in [5.41, 5.74) is 1.16. The van der Waals surface area contributed by atoms with Crippen molar-refractivity contribution in [3.8, 4) is 0 Å². The molecule has 1 amide bonds. The number of nitrogens with zero attached hydrogens (tertiary/aromatic N) is 5. The lowest BCUT2D eigenvalue weighted by Gasteiger charge is -2.31. The minimum Gasteiger partial charge on any atom is -0.337 e. The van der Waals surface area contributed by atoms with Crippen molar-refractivity contribution in [1.82, 2.24) is 25.1 Å². The van der Waals surface area contributed by atoms with Gasteiger partial charge in [0.15, 0.2) is 0 Å². The van der Waals surface area contributed by atoms with Gasteiger partial charge in [-0.05, 0) is 28.8 Å². The summed E-state index contributed by atoms with van der Waals surface area (Å²) in [6, 6.07) is 10.1. The number of aromatic nitrogens is 4. The lowest BCUT2D eigenvalue weighted by molar-refractivity contribution is -0.133. The highest BCUT2D eigenvalue weighted by molar-refractivity contribution is 8.00. The van der Waals surface area contributed by atoms with E-state index in [4.69, 9.17) is 0 Å². The number of aryl methyl sites for hydroxylation is 1. The van der Waals surface area contributed by atoms with Gasteiger partial charge in [-0.3, -0.25) is 4.79 Å². The Morgan fingerprint density at radius 3 is 2.86 bits per heavy atom. The lowest BCUT2D eigenvalue weighted by Crippen LogP contribution is -2.42. The van der Waals surface area contributed by atoms with Crippen molar-refractivity contribution < 1.29 is 4.79 Å². The molecule has 6 nitrogen and oxygen atoms in total. The highest BCUT2D eigenvalue weighted by Gasteiger charge is 2.30. The van der Waals surface area contributed by atoms with Gasteiger partial charge in [-0.1, -0.05) is 42.1 Å². The highest BCUT2D eigenvalue weighted by Crippen LogP contribution is 2.29. The molecule has 0 bridgehead atoms. The number of amides is 1. The molecule has 0 unspecified atom stereocenters. The number of piperidine rings is 1. The number of likely N-dealkylation sites (tertiary alicyclic amines) is 1. The quantitative estimate of drug-likeness (QED) is 0.856. The second kappa shape index (κ2) is 6.26. The largest absolute Gasteiger partial charge is 0.337 e. The second-order valence-electron chi connectivity index (χ2n) is 5.08. The molecular weight excluding hydrogens is 286 g/mol. The van der Waals surface area contributed by atoms with Crippen LogP contribution in [0.1, 0.15) is 18.4 Å². The first-order valence-corrected chi connectivity index (χ1v) is 7.84. The van der Waals surface area contributed by atoms with Crippen LogP contribution in [0.5, 0.6) is 0 Å². The molecule has 0 aliphatic carbocycles. The molecular formula is C14H17N5OS. The minimum atomic E-state index is -0.0906. The number of rotatable bonds is 4. The van der Waals surface area contributed by atoms with Gasteiger partial charge in [-0.2, -0.15) is 0 Å². The Morgan fingerprint density at radius 1 is 1.33 bits per heavy atom. The van der Waals surface area contributed by atoms with Gasteiger partial charge < -0.3 is 4.90 Å². The smallest absolute Gasteiger partial charge is 0.236 e. The molecule has 7 heteroatoms. The molecule has 0 saturated carbocycles. The summed E-state index contributed by atoms with van der Waals surface area (Å²) < 4.78 is 1.61. The molecule has 0 radical (unpaired) electrons. The normalized spacial score (nSPS) is 19.0. The predicted molar refractivity (Wildman–Crippen MR) is 79.5 cm³/mol. The fourth-order valence-corrected chi connectivity index (χ4v) is 3.48. The van der Waals surface area contributed by atoms with Crippen molar-refractivity contribution in [1.29, 1.82) is 0 Å². The van der Waals surface area contributed by atoms with Gasteiger partial charge in [0.2, 0.25) is 11.1 Å². The van der Waals surface area contributed by atoms with Gasteiger partial charge in [-0.15, -0.1) is 5.10 Å². The third-order valence-corrected chi connectivity index (χ3v) is 4.81. The van der Waals surface area contributed by atoms with Crippen LogP contribution in [-0.4, -0.2) is 42.8 Å². The molecule has 0 spiro atoms. The Bertz CT molecular complexity index is 615. The summed E-state index contributed by atoms with van der Waals surface area (Å²) in [7, 11) is 1.79. The fourth-order valence-electron chi connectivity index (χ4n) is 2.42. The van der Waals surface area contributed by atoms with E-state index in [0.717, 1.165) is 24.9 Å². The van der Waals surface area contributed by atoms with Crippen molar-refractivity contribution >= 4 is 17.7 Å². The minimum absolute atomic E-state index is 0.0906. The summed E-state index contributed by atoms with van der Waals surface area (Å²) in [4.78, 5) is 14.5. The van der Waals surface area contributed by atoms with Crippen molar-refractivity contribution in [3.63, 3.8) is 0 Å². The first kappa shape index (κ1) is 14.1. The van der Waals surface area contributed by atoms with Crippen molar-refractivity contribution in [2.24, 2.45) is 7.05 Å². The summed E-state index contributed by atoms with van der Waals surface area (Å²) >= 11 is 1.46. The Kier molecular flexibility index (Phi) is 4.19. The SMILES string of the molecule is Cn1nnnc1S[C@H]1CCCN(Cc2ccccc2)C1=O. The van der Waals surface area contributed by atoms with E-state index >= 15 is 0 Å². The molecule has 0 N–H and O–H groups in total. The zero-order valence-electron chi connectivity index (χ0n) is 11.8. The summed E-state index contributed by atoms with van der Waals surface area (Å²) in [6.07, 6.45) is 1.89. The average molecular weight is 303 g/mol. The van der Waals surface area contributed by atoms with Gasteiger partial charge in [0.05, 0.1) is 5.25 Å². The zero-order valence-corrected chi connectivity index (χ0v) is 12.7.